The highest BCUT2D eigenvalue weighted by molar-refractivity contribution is 4.88. The maximum absolute atomic E-state index is 6.41. The highest BCUT2D eigenvalue weighted by Crippen LogP contribution is 2.35. The maximum atomic E-state index is 6.41. The first-order valence-electron chi connectivity index (χ1n) is 10.4. The SMILES string of the molecule is CC(C)(C)NCC1CCC(C)(OCC(C)(C)NC[C@H]2COCCO2)CC1. The summed E-state index contributed by atoms with van der Waals surface area (Å²) in [4.78, 5) is 0. The first kappa shape index (κ1) is 22.1. The van der Waals surface area contributed by atoms with Gasteiger partial charge < -0.3 is 24.8 Å². The number of ether oxygens (including phenoxy) is 3. The summed E-state index contributed by atoms with van der Waals surface area (Å²) in [5.74, 6) is 0.778. The van der Waals surface area contributed by atoms with Crippen molar-refractivity contribution in [3.05, 3.63) is 0 Å². The minimum Gasteiger partial charge on any atom is -0.376 e. The van der Waals surface area contributed by atoms with E-state index in [1.807, 2.05) is 0 Å². The second-order valence-electron chi connectivity index (χ2n) is 10.1. The van der Waals surface area contributed by atoms with Gasteiger partial charge in [0.2, 0.25) is 0 Å². The Morgan fingerprint density at radius 1 is 1.00 bits per heavy atom. The molecule has 0 radical (unpaired) electrons. The van der Waals surface area contributed by atoms with Crippen molar-refractivity contribution in [3.8, 4) is 0 Å². The van der Waals surface area contributed by atoms with E-state index in [2.05, 4.69) is 52.2 Å². The van der Waals surface area contributed by atoms with E-state index in [0.29, 0.717) is 19.8 Å². The van der Waals surface area contributed by atoms with Gasteiger partial charge in [0.25, 0.3) is 0 Å². The van der Waals surface area contributed by atoms with E-state index < -0.39 is 0 Å². The van der Waals surface area contributed by atoms with Gasteiger partial charge >= 0.3 is 0 Å². The van der Waals surface area contributed by atoms with Gasteiger partial charge in [0.05, 0.1) is 38.1 Å². The fraction of sp³-hybridized carbons (Fsp3) is 1.00. The summed E-state index contributed by atoms with van der Waals surface area (Å²) in [5.41, 5.74) is 0.163. The van der Waals surface area contributed by atoms with E-state index in [1.165, 1.54) is 12.8 Å². The Morgan fingerprint density at radius 3 is 2.27 bits per heavy atom. The molecule has 2 aliphatic rings. The van der Waals surface area contributed by atoms with Gasteiger partial charge in [-0.25, -0.2) is 0 Å². The molecule has 2 fully saturated rings. The highest BCUT2D eigenvalue weighted by atomic mass is 16.6. The molecule has 0 aromatic carbocycles. The zero-order valence-electron chi connectivity index (χ0n) is 18.0. The van der Waals surface area contributed by atoms with Crippen LogP contribution in [0.15, 0.2) is 0 Å². The van der Waals surface area contributed by atoms with Crippen LogP contribution in [0.25, 0.3) is 0 Å². The zero-order valence-corrected chi connectivity index (χ0v) is 18.0. The summed E-state index contributed by atoms with van der Waals surface area (Å²) in [6, 6.07) is 0. The minimum atomic E-state index is -0.0611. The molecule has 0 spiro atoms. The van der Waals surface area contributed by atoms with E-state index in [-0.39, 0.29) is 22.8 Å². The van der Waals surface area contributed by atoms with E-state index >= 15 is 0 Å². The summed E-state index contributed by atoms with van der Waals surface area (Å²) >= 11 is 0. The molecular formula is C21H42N2O3. The fourth-order valence-electron chi connectivity index (χ4n) is 3.54. The van der Waals surface area contributed by atoms with Crippen molar-refractivity contribution in [2.45, 2.75) is 90.0 Å². The third-order valence-corrected chi connectivity index (χ3v) is 5.56. The van der Waals surface area contributed by atoms with Crippen molar-refractivity contribution in [2.75, 3.05) is 39.5 Å². The van der Waals surface area contributed by atoms with Gasteiger partial charge in [0.1, 0.15) is 0 Å². The van der Waals surface area contributed by atoms with E-state index in [1.54, 1.807) is 0 Å². The zero-order chi connectivity index (χ0) is 19.3. The van der Waals surface area contributed by atoms with Gasteiger partial charge in [-0.1, -0.05) is 0 Å². The molecule has 0 aromatic heterocycles. The van der Waals surface area contributed by atoms with E-state index in [0.717, 1.165) is 38.5 Å². The average molecular weight is 371 g/mol. The van der Waals surface area contributed by atoms with Crippen LogP contribution in [0.4, 0.5) is 0 Å². The standard InChI is InChI=1S/C21H42N2O3/c1-19(2,3)22-13-17-7-9-21(6,10-8-17)26-16-20(4,5)23-14-18-15-24-11-12-25-18/h17-18,22-23H,7-16H2,1-6H3/t17?,18-,21?/m0/s1. The lowest BCUT2D eigenvalue weighted by atomic mass is 9.79. The summed E-state index contributed by atoms with van der Waals surface area (Å²) < 4.78 is 17.6. The average Bonchev–Trinajstić information content (AvgIpc) is 2.59. The van der Waals surface area contributed by atoms with Crippen molar-refractivity contribution >= 4 is 0 Å². The predicted octanol–water partition coefficient (Wildman–Crippen LogP) is 3.12. The van der Waals surface area contributed by atoms with Crippen LogP contribution in [0.2, 0.25) is 0 Å². The molecule has 2 rings (SSSR count). The third kappa shape index (κ3) is 8.22. The monoisotopic (exact) mass is 370 g/mol. The van der Waals surface area contributed by atoms with Crippen LogP contribution in [-0.2, 0) is 14.2 Å². The van der Waals surface area contributed by atoms with Gasteiger partial charge in [-0.2, -0.15) is 0 Å². The Morgan fingerprint density at radius 2 is 1.69 bits per heavy atom. The predicted molar refractivity (Wildman–Crippen MR) is 107 cm³/mol. The summed E-state index contributed by atoms with van der Waals surface area (Å²) in [6.07, 6.45) is 4.96. The van der Waals surface area contributed by atoms with Crippen LogP contribution in [0.5, 0.6) is 0 Å². The Labute approximate surface area is 160 Å². The highest BCUT2D eigenvalue weighted by Gasteiger charge is 2.34. The third-order valence-electron chi connectivity index (χ3n) is 5.56. The van der Waals surface area contributed by atoms with Crippen molar-refractivity contribution in [2.24, 2.45) is 5.92 Å². The summed E-state index contributed by atoms with van der Waals surface area (Å²) in [7, 11) is 0. The molecule has 1 saturated carbocycles. The van der Waals surface area contributed by atoms with Crippen LogP contribution in [0.3, 0.4) is 0 Å². The van der Waals surface area contributed by atoms with Gasteiger partial charge in [-0.05, 0) is 79.7 Å². The molecule has 0 aromatic rings. The largest absolute Gasteiger partial charge is 0.376 e. The number of hydrogen-bond acceptors (Lipinski definition) is 5. The normalized spacial score (nSPS) is 31.2. The van der Waals surface area contributed by atoms with Crippen molar-refractivity contribution in [3.63, 3.8) is 0 Å². The molecule has 1 heterocycles. The van der Waals surface area contributed by atoms with Gasteiger partial charge in [0, 0.05) is 17.6 Å². The summed E-state index contributed by atoms with van der Waals surface area (Å²) in [5, 5.41) is 7.24. The molecule has 0 unspecified atom stereocenters. The molecule has 26 heavy (non-hydrogen) atoms. The molecular weight excluding hydrogens is 328 g/mol. The second kappa shape index (κ2) is 9.33. The Kier molecular flexibility index (Phi) is 7.93. The molecule has 154 valence electrons. The smallest absolute Gasteiger partial charge is 0.0933 e. The molecule has 0 bridgehead atoms. The molecule has 5 nitrogen and oxygen atoms in total. The topological polar surface area (TPSA) is 51.8 Å². The first-order valence-corrected chi connectivity index (χ1v) is 10.4. The fourth-order valence-corrected chi connectivity index (χ4v) is 3.54. The molecule has 1 aliphatic carbocycles. The number of nitrogens with one attached hydrogen (secondary N) is 2. The quantitative estimate of drug-likeness (QED) is 0.687. The van der Waals surface area contributed by atoms with Gasteiger partial charge in [-0.15, -0.1) is 0 Å². The maximum Gasteiger partial charge on any atom is 0.0933 e. The van der Waals surface area contributed by atoms with E-state index in [4.69, 9.17) is 14.2 Å². The van der Waals surface area contributed by atoms with Crippen LogP contribution >= 0.6 is 0 Å². The molecule has 1 atom stereocenters. The summed E-state index contributed by atoms with van der Waals surface area (Å²) in [6.45, 7) is 18.2. The molecule has 1 aliphatic heterocycles. The van der Waals surface area contributed by atoms with Crippen molar-refractivity contribution in [1.29, 1.82) is 0 Å². The van der Waals surface area contributed by atoms with Crippen LogP contribution < -0.4 is 10.6 Å². The van der Waals surface area contributed by atoms with E-state index in [9.17, 15) is 0 Å². The lowest BCUT2D eigenvalue weighted by molar-refractivity contribution is -0.0982. The molecule has 5 heteroatoms. The van der Waals surface area contributed by atoms with Crippen LogP contribution in [-0.4, -0.2) is 62.3 Å². The second-order valence-corrected chi connectivity index (χ2v) is 10.1. The van der Waals surface area contributed by atoms with Crippen LogP contribution in [0, 0.1) is 5.92 Å². The van der Waals surface area contributed by atoms with Crippen molar-refractivity contribution < 1.29 is 14.2 Å². The van der Waals surface area contributed by atoms with Crippen molar-refractivity contribution in [1.82, 2.24) is 10.6 Å². The Balaban J connectivity index is 1.67. The Bertz CT molecular complexity index is 406. The minimum absolute atomic E-state index is 0.0155. The molecule has 1 saturated heterocycles. The number of hydrogen-bond donors (Lipinski definition) is 2. The Hall–Kier alpha value is -0.200. The molecule has 0 amide bonds. The number of rotatable bonds is 8. The van der Waals surface area contributed by atoms with Gasteiger partial charge in [0.15, 0.2) is 0 Å². The lowest BCUT2D eigenvalue weighted by Gasteiger charge is -2.40. The van der Waals surface area contributed by atoms with Crippen LogP contribution in [0.1, 0.15) is 67.2 Å². The molecule has 2 N–H and O–H groups in total. The first-order chi connectivity index (χ1) is 12.1. The van der Waals surface area contributed by atoms with Gasteiger partial charge in [-0.3, -0.25) is 0 Å². The lowest BCUT2D eigenvalue weighted by Crippen LogP contribution is -2.51.